The molecule has 1 saturated heterocycles. The van der Waals surface area contributed by atoms with Crippen LogP contribution < -0.4 is 5.73 Å². The molecular formula is C10H21N3O3. The van der Waals surface area contributed by atoms with Gasteiger partial charge in [0.05, 0.1) is 25.9 Å². The smallest absolute Gasteiger partial charge is 0.156 e. The maximum atomic E-state index is 8.64. The van der Waals surface area contributed by atoms with Gasteiger partial charge in [-0.05, 0) is 19.4 Å². The molecule has 1 aliphatic rings. The van der Waals surface area contributed by atoms with E-state index in [-0.39, 0.29) is 6.04 Å². The fraction of sp³-hybridized carbons (Fsp3) is 0.900. The lowest BCUT2D eigenvalue weighted by Gasteiger charge is -2.22. The number of nitrogens with two attached hydrogens (primary N) is 1. The molecule has 0 aromatic carbocycles. The van der Waals surface area contributed by atoms with Crippen molar-refractivity contribution in [3.63, 3.8) is 0 Å². The lowest BCUT2D eigenvalue weighted by molar-refractivity contribution is 0.0582. The summed E-state index contributed by atoms with van der Waals surface area (Å²) in [4.78, 5) is 2.18. The average Bonchev–Trinajstić information content (AvgIpc) is 2.76. The van der Waals surface area contributed by atoms with Gasteiger partial charge in [-0.1, -0.05) is 5.16 Å². The summed E-state index contributed by atoms with van der Waals surface area (Å²) in [5, 5.41) is 11.7. The molecule has 1 unspecified atom stereocenters. The number of nitrogens with zero attached hydrogens (tertiary/aromatic N) is 2. The summed E-state index contributed by atoms with van der Waals surface area (Å²) >= 11 is 0. The number of ether oxygens (including phenoxy) is 2. The van der Waals surface area contributed by atoms with E-state index < -0.39 is 0 Å². The lowest BCUT2D eigenvalue weighted by Crippen LogP contribution is -2.42. The van der Waals surface area contributed by atoms with E-state index in [0.717, 1.165) is 25.9 Å². The van der Waals surface area contributed by atoms with Crippen molar-refractivity contribution in [1.29, 1.82) is 0 Å². The monoisotopic (exact) mass is 231 g/mol. The zero-order valence-electron chi connectivity index (χ0n) is 9.76. The Morgan fingerprint density at radius 3 is 3.00 bits per heavy atom. The normalized spacial score (nSPS) is 22.8. The highest BCUT2D eigenvalue weighted by atomic mass is 16.5. The van der Waals surface area contributed by atoms with E-state index in [0.29, 0.717) is 25.7 Å². The third-order valence-corrected chi connectivity index (χ3v) is 2.78. The molecule has 0 amide bonds. The maximum Gasteiger partial charge on any atom is 0.156 e. The van der Waals surface area contributed by atoms with Crippen molar-refractivity contribution in [3.05, 3.63) is 0 Å². The van der Waals surface area contributed by atoms with Gasteiger partial charge in [0.1, 0.15) is 0 Å². The van der Waals surface area contributed by atoms with Crippen molar-refractivity contribution in [2.24, 2.45) is 10.9 Å². The Morgan fingerprint density at radius 1 is 1.50 bits per heavy atom. The van der Waals surface area contributed by atoms with Gasteiger partial charge in [-0.25, -0.2) is 0 Å². The second-order valence-corrected chi connectivity index (χ2v) is 3.82. The molecule has 0 aromatic rings. The average molecular weight is 231 g/mol. The molecule has 0 saturated carbocycles. The van der Waals surface area contributed by atoms with Crippen molar-refractivity contribution >= 4 is 5.84 Å². The van der Waals surface area contributed by atoms with E-state index in [1.807, 2.05) is 0 Å². The van der Waals surface area contributed by atoms with Gasteiger partial charge >= 0.3 is 0 Å². The Morgan fingerprint density at radius 2 is 2.31 bits per heavy atom. The highest BCUT2D eigenvalue weighted by Crippen LogP contribution is 2.16. The Balaban J connectivity index is 2.20. The van der Waals surface area contributed by atoms with E-state index >= 15 is 0 Å². The second kappa shape index (κ2) is 7.43. The number of hydrogen-bond acceptors (Lipinski definition) is 5. The van der Waals surface area contributed by atoms with E-state index in [1.165, 1.54) is 0 Å². The number of rotatable bonds is 7. The van der Waals surface area contributed by atoms with Gasteiger partial charge in [-0.2, -0.15) is 0 Å². The molecule has 3 N–H and O–H groups in total. The van der Waals surface area contributed by atoms with Gasteiger partial charge in [0, 0.05) is 13.7 Å². The van der Waals surface area contributed by atoms with Gasteiger partial charge in [-0.15, -0.1) is 0 Å². The van der Waals surface area contributed by atoms with Crippen LogP contribution >= 0.6 is 0 Å². The first-order valence-corrected chi connectivity index (χ1v) is 5.57. The molecule has 0 spiro atoms. The van der Waals surface area contributed by atoms with Crippen LogP contribution in [0.1, 0.15) is 12.8 Å². The van der Waals surface area contributed by atoms with Crippen LogP contribution in [0.2, 0.25) is 0 Å². The molecular weight excluding hydrogens is 210 g/mol. The number of amidine groups is 1. The minimum atomic E-state index is 0.0658. The quantitative estimate of drug-likeness (QED) is 0.209. The van der Waals surface area contributed by atoms with E-state index in [9.17, 15) is 0 Å². The Kier molecular flexibility index (Phi) is 6.14. The van der Waals surface area contributed by atoms with Gasteiger partial charge in [-0.3, -0.25) is 4.90 Å². The van der Waals surface area contributed by atoms with Crippen LogP contribution in [-0.2, 0) is 9.47 Å². The molecule has 6 heteroatoms. The zero-order chi connectivity index (χ0) is 11.8. The number of likely N-dealkylation sites (tertiary alicyclic amines) is 1. The first-order valence-electron chi connectivity index (χ1n) is 5.57. The predicted molar refractivity (Wildman–Crippen MR) is 60.7 cm³/mol. The highest BCUT2D eigenvalue weighted by Gasteiger charge is 2.27. The van der Waals surface area contributed by atoms with Crippen LogP contribution in [-0.4, -0.2) is 62.0 Å². The fourth-order valence-corrected chi connectivity index (χ4v) is 1.92. The van der Waals surface area contributed by atoms with E-state index in [1.54, 1.807) is 7.11 Å². The van der Waals surface area contributed by atoms with Gasteiger partial charge < -0.3 is 20.4 Å². The number of hydrogen-bond donors (Lipinski definition) is 2. The summed E-state index contributed by atoms with van der Waals surface area (Å²) in [5.74, 6) is 0.300. The summed E-state index contributed by atoms with van der Waals surface area (Å²) in [6, 6.07) is 0.0658. The summed E-state index contributed by atoms with van der Waals surface area (Å²) in [6.07, 6.45) is 2.03. The van der Waals surface area contributed by atoms with Gasteiger partial charge in [0.15, 0.2) is 5.84 Å². The Bertz CT molecular complexity index is 223. The summed E-state index contributed by atoms with van der Waals surface area (Å²) in [7, 11) is 1.65. The molecule has 1 atom stereocenters. The number of methoxy groups -OCH3 is 1. The minimum Gasteiger partial charge on any atom is -0.409 e. The molecule has 16 heavy (non-hydrogen) atoms. The molecule has 6 nitrogen and oxygen atoms in total. The van der Waals surface area contributed by atoms with Crippen molar-refractivity contribution < 1.29 is 14.7 Å². The first kappa shape index (κ1) is 13.2. The van der Waals surface area contributed by atoms with Crippen molar-refractivity contribution in [2.75, 3.05) is 40.0 Å². The Hall–Kier alpha value is -0.850. The van der Waals surface area contributed by atoms with Crippen LogP contribution in [0.25, 0.3) is 0 Å². The summed E-state index contributed by atoms with van der Waals surface area (Å²) in [5.41, 5.74) is 5.62. The molecule has 0 radical (unpaired) electrons. The fourth-order valence-electron chi connectivity index (χ4n) is 1.92. The summed E-state index contributed by atoms with van der Waals surface area (Å²) in [6.45, 7) is 3.67. The maximum absolute atomic E-state index is 8.64. The molecule has 0 bridgehead atoms. The summed E-state index contributed by atoms with van der Waals surface area (Å²) < 4.78 is 10.3. The molecule has 1 fully saturated rings. The molecule has 0 aliphatic carbocycles. The zero-order valence-corrected chi connectivity index (χ0v) is 9.76. The van der Waals surface area contributed by atoms with Crippen molar-refractivity contribution in [1.82, 2.24) is 4.90 Å². The molecule has 1 heterocycles. The largest absolute Gasteiger partial charge is 0.409 e. The van der Waals surface area contributed by atoms with E-state index in [4.69, 9.17) is 20.4 Å². The van der Waals surface area contributed by atoms with Gasteiger partial charge in [0.25, 0.3) is 0 Å². The standard InChI is InChI=1S/C10H21N3O3/c1-15-7-8-16-6-5-13-4-2-3-9(13)10(11)12-14/h9,14H,2-8H2,1H3,(H2,11,12). The molecule has 94 valence electrons. The van der Waals surface area contributed by atoms with Crippen LogP contribution in [0.4, 0.5) is 0 Å². The van der Waals surface area contributed by atoms with Crippen molar-refractivity contribution in [2.45, 2.75) is 18.9 Å². The van der Waals surface area contributed by atoms with Crippen LogP contribution in [0, 0.1) is 0 Å². The molecule has 1 aliphatic heterocycles. The lowest BCUT2D eigenvalue weighted by atomic mass is 10.2. The minimum absolute atomic E-state index is 0.0658. The van der Waals surface area contributed by atoms with Crippen LogP contribution in [0.5, 0.6) is 0 Å². The van der Waals surface area contributed by atoms with Crippen LogP contribution in [0.15, 0.2) is 5.16 Å². The Labute approximate surface area is 96.0 Å². The third-order valence-electron chi connectivity index (χ3n) is 2.78. The van der Waals surface area contributed by atoms with E-state index in [2.05, 4.69) is 10.1 Å². The third kappa shape index (κ3) is 3.96. The topological polar surface area (TPSA) is 80.3 Å². The first-order chi connectivity index (χ1) is 7.79. The molecule has 1 rings (SSSR count). The van der Waals surface area contributed by atoms with Crippen molar-refractivity contribution in [3.8, 4) is 0 Å². The highest BCUT2D eigenvalue weighted by molar-refractivity contribution is 5.85. The number of oxime groups is 1. The molecule has 0 aromatic heterocycles. The van der Waals surface area contributed by atoms with Crippen LogP contribution in [0.3, 0.4) is 0 Å². The second-order valence-electron chi connectivity index (χ2n) is 3.82. The SMILES string of the molecule is COCCOCCN1CCCC1C(N)=NO. The predicted octanol–water partition coefficient (Wildman–Crippen LogP) is -0.140. The van der Waals surface area contributed by atoms with Gasteiger partial charge in [0.2, 0.25) is 0 Å².